The maximum absolute atomic E-state index is 12.1. The van der Waals surface area contributed by atoms with Crippen molar-refractivity contribution in [1.29, 1.82) is 0 Å². The molecule has 3 rings (SSSR count). The number of carbonyl (C=O) groups is 1. The molecule has 2 aromatic heterocycles. The van der Waals surface area contributed by atoms with Crippen LogP contribution in [0.3, 0.4) is 0 Å². The average Bonchev–Trinajstić information content (AvgIpc) is 3.10. The van der Waals surface area contributed by atoms with Crippen LogP contribution in [0.25, 0.3) is 0 Å². The lowest BCUT2D eigenvalue weighted by molar-refractivity contribution is 0.0954. The number of H-pyrrole nitrogens is 1. The van der Waals surface area contributed by atoms with Gasteiger partial charge in [0.05, 0.1) is 6.33 Å². The molecule has 7 nitrogen and oxygen atoms in total. The number of nitrogens with zero attached hydrogens (tertiary/aromatic N) is 3. The molecule has 1 amide bonds. The number of nitrogens with one attached hydrogen (secondary N) is 3. The third-order valence-electron chi connectivity index (χ3n) is 3.20. The van der Waals surface area contributed by atoms with Crippen LogP contribution in [0.15, 0.2) is 55.2 Å². The predicted octanol–water partition coefficient (Wildman–Crippen LogP) is 1.92. The zero-order chi connectivity index (χ0) is 15.9. The van der Waals surface area contributed by atoms with Gasteiger partial charge in [0, 0.05) is 48.5 Å². The third kappa shape index (κ3) is 4.13. The van der Waals surface area contributed by atoms with Crippen LogP contribution in [-0.2, 0) is 6.42 Å². The number of aromatic amines is 1. The smallest absolute Gasteiger partial charge is 0.251 e. The summed E-state index contributed by atoms with van der Waals surface area (Å²) in [6.07, 6.45) is 7.42. The van der Waals surface area contributed by atoms with E-state index < -0.39 is 0 Å². The van der Waals surface area contributed by atoms with Crippen molar-refractivity contribution in [1.82, 2.24) is 25.3 Å². The minimum absolute atomic E-state index is 0.105. The molecule has 0 bridgehead atoms. The first-order chi connectivity index (χ1) is 11.3. The monoisotopic (exact) mass is 308 g/mol. The van der Waals surface area contributed by atoms with Crippen molar-refractivity contribution in [3.63, 3.8) is 0 Å². The zero-order valence-corrected chi connectivity index (χ0v) is 12.4. The standard InChI is InChI=1S/C16H16N6O/c23-15(18-9-6-14-10-17-11-21-14)12-2-4-13(5-3-12)22-16-19-7-1-8-20-16/h1-5,7-8,10-11H,6,9H2,(H,17,21)(H,18,23)(H,19,20,22). The lowest BCUT2D eigenvalue weighted by atomic mass is 10.2. The average molecular weight is 308 g/mol. The summed E-state index contributed by atoms with van der Waals surface area (Å²) in [5, 5.41) is 5.94. The van der Waals surface area contributed by atoms with Gasteiger partial charge in [-0.2, -0.15) is 0 Å². The van der Waals surface area contributed by atoms with Gasteiger partial charge in [0.15, 0.2) is 0 Å². The highest BCUT2D eigenvalue weighted by Gasteiger charge is 2.05. The Kier molecular flexibility index (Phi) is 4.58. The van der Waals surface area contributed by atoms with Gasteiger partial charge in [-0.3, -0.25) is 4.79 Å². The third-order valence-corrected chi connectivity index (χ3v) is 3.20. The Labute approximate surface area is 133 Å². The zero-order valence-electron chi connectivity index (χ0n) is 12.4. The summed E-state index contributed by atoms with van der Waals surface area (Å²) in [5.74, 6) is 0.413. The molecule has 0 aliphatic heterocycles. The van der Waals surface area contributed by atoms with Crippen molar-refractivity contribution in [2.45, 2.75) is 6.42 Å². The summed E-state index contributed by atoms with van der Waals surface area (Å²) in [6.45, 7) is 0.554. The van der Waals surface area contributed by atoms with Crippen molar-refractivity contribution in [2.24, 2.45) is 0 Å². The summed E-state index contributed by atoms with van der Waals surface area (Å²) < 4.78 is 0. The Balaban J connectivity index is 1.53. The molecule has 0 unspecified atom stereocenters. The normalized spacial score (nSPS) is 10.3. The van der Waals surface area contributed by atoms with Crippen LogP contribution in [0.1, 0.15) is 16.1 Å². The van der Waals surface area contributed by atoms with Crippen LogP contribution in [0, 0.1) is 0 Å². The predicted molar refractivity (Wildman–Crippen MR) is 86.4 cm³/mol. The molecule has 116 valence electrons. The highest BCUT2D eigenvalue weighted by molar-refractivity contribution is 5.94. The van der Waals surface area contributed by atoms with E-state index in [0.717, 1.165) is 17.8 Å². The van der Waals surface area contributed by atoms with Crippen LogP contribution < -0.4 is 10.6 Å². The fraction of sp³-hybridized carbons (Fsp3) is 0.125. The lowest BCUT2D eigenvalue weighted by Gasteiger charge is -2.07. The topological polar surface area (TPSA) is 95.6 Å². The van der Waals surface area contributed by atoms with E-state index in [0.29, 0.717) is 18.1 Å². The molecular formula is C16H16N6O. The number of rotatable bonds is 6. The van der Waals surface area contributed by atoms with Gasteiger partial charge in [-0.15, -0.1) is 0 Å². The fourth-order valence-electron chi connectivity index (χ4n) is 2.03. The lowest BCUT2D eigenvalue weighted by Crippen LogP contribution is -2.25. The largest absolute Gasteiger partial charge is 0.352 e. The summed E-state index contributed by atoms with van der Waals surface area (Å²) in [6, 6.07) is 8.91. The number of anilines is 2. The van der Waals surface area contributed by atoms with Crippen LogP contribution in [0.4, 0.5) is 11.6 Å². The number of hydrogen-bond donors (Lipinski definition) is 3. The number of imidazole rings is 1. The van der Waals surface area contributed by atoms with Gasteiger partial charge in [-0.1, -0.05) is 0 Å². The molecule has 0 saturated heterocycles. The van der Waals surface area contributed by atoms with Crippen LogP contribution in [0.5, 0.6) is 0 Å². The maximum Gasteiger partial charge on any atom is 0.251 e. The second kappa shape index (κ2) is 7.17. The number of hydrogen-bond acceptors (Lipinski definition) is 5. The molecule has 2 heterocycles. The van der Waals surface area contributed by atoms with E-state index in [9.17, 15) is 4.79 Å². The molecule has 1 aromatic carbocycles. The van der Waals surface area contributed by atoms with Gasteiger partial charge in [0.1, 0.15) is 0 Å². The summed E-state index contributed by atoms with van der Waals surface area (Å²) >= 11 is 0. The van der Waals surface area contributed by atoms with E-state index in [1.54, 1.807) is 43.1 Å². The Morgan fingerprint density at radius 1 is 1.13 bits per heavy atom. The van der Waals surface area contributed by atoms with Crippen molar-refractivity contribution in [3.05, 3.63) is 66.5 Å². The quantitative estimate of drug-likeness (QED) is 0.646. The van der Waals surface area contributed by atoms with Gasteiger partial charge in [0.2, 0.25) is 5.95 Å². The molecule has 0 saturated carbocycles. The number of benzene rings is 1. The van der Waals surface area contributed by atoms with E-state index >= 15 is 0 Å². The fourth-order valence-corrected chi connectivity index (χ4v) is 2.03. The molecule has 3 N–H and O–H groups in total. The van der Waals surface area contributed by atoms with Crippen molar-refractivity contribution < 1.29 is 4.79 Å². The molecule has 0 spiro atoms. The second-order valence-corrected chi connectivity index (χ2v) is 4.86. The first-order valence-electron chi connectivity index (χ1n) is 7.21. The highest BCUT2D eigenvalue weighted by atomic mass is 16.1. The Hall–Kier alpha value is -3.22. The van der Waals surface area contributed by atoms with Crippen molar-refractivity contribution >= 4 is 17.5 Å². The molecule has 0 fully saturated rings. The second-order valence-electron chi connectivity index (χ2n) is 4.86. The molecule has 0 aliphatic carbocycles. The maximum atomic E-state index is 12.1. The number of carbonyl (C=O) groups excluding carboxylic acids is 1. The minimum atomic E-state index is -0.105. The molecular weight excluding hydrogens is 292 g/mol. The summed E-state index contributed by atoms with van der Waals surface area (Å²) in [7, 11) is 0. The number of aromatic nitrogens is 4. The summed E-state index contributed by atoms with van der Waals surface area (Å²) in [4.78, 5) is 27.2. The van der Waals surface area contributed by atoms with Crippen molar-refractivity contribution in [2.75, 3.05) is 11.9 Å². The van der Waals surface area contributed by atoms with E-state index in [1.807, 2.05) is 12.1 Å². The SMILES string of the molecule is O=C(NCCc1cnc[nH]1)c1ccc(Nc2ncccn2)cc1. The van der Waals surface area contributed by atoms with E-state index in [-0.39, 0.29) is 5.91 Å². The van der Waals surface area contributed by atoms with Gasteiger partial charge >= 0.3 is 0 Å². The summed E-state index contributed by atoms with van der Waals surface area (Å²) in [5.41, 5.74) is 2.42. The van der Waals surface area contributed by atoms with E-state index in [2.05, 4.69) is 30.6 Å². The first-order valence-corrected chi connectivity index (χ1v) is 7.21. The Morgan fingerprint density at radius 2 is 1.91 bits per heavy atom. The van der Waals surface area contributed by atoms with Gasteiger partial charge < -0.3 is 15.6 Å². The number of amides is 1. The molecule has 3 aromatic rings. The molecule has 0 atom stereocenters. The molecule has 7 heteroatoms. The van der Waals surface area contributed by atoms with Gasteiger partial charge in [0.25, 0.3) is 5.91 Å². The highest BCUT2D eigenvalue weighted by Crippen LogP contribution is 2.13. The molecule has 0 aliphatic rings. The van der Waals surface area contributed by atoms with Crippen LogP contribution in [-0.4, -0.2) is 32.4 Å². The van der Waals surface area contributed by atoms with Crippen LogP contribution in [0.2, 0.25) is 0 Å². The van der Waals surface area contributed by atoms with Crippen LogP contribution >= 0.6 is 0 Å². The van der Waals surface area contributed by atoms with E-state index in [1.165, 1.54) is 0 Å². The molecule has 23 heavy (non-hydrogen) atoms. The first kappa shape index (κ1) is 14.7. The Morgan fingerprint density at radius 3 is 2.61 bits per heavy atom. The Bertz CT molecular complexity index is 740. The van der Waals surface area contributed by atoms with Gasteiger partial charge in [-0.25, -0.2) is 15.0 Å². The van der Waals surface area contributed by atoms with Gasteiger partial charge in [-0.05, 0) is 30.3 Å². The molecule has 0 radical (unpaired) electrons. The minimum Gasteiger partial charge on any atom is -0.352 e. The van der Waals surface area contributed by atoms with E-state index in [4.69, 9.17) is 0 Å². The van der Waals surface area contributed by atoms with Crippen molar-refractivity contribution in [3.8, 4) is 0 Å².